The lowest BCUT2D eigenvalue weighted by atomic mass is 10.2. The maximum absolute atomic E-state index is 6.36. The molecular weight excluding hydrogens is 272 g/mol. The summed E-state index contributed by atoms with van der Waals surface area (Å²) in [5.74, 6) is 0.837. The van der Waals surface area contributed by atoms with Crippen molar-refractivity contribution < 1.29 is 4.40 Å². The zero-order valence-electron chi connectivity index (χ0n) is 10.0. The normalized spacial score (nSPS) is 11.4. The van der Waals surface area contributed by atoms with Crippen LogP contribution in [0.2, 0.25) is 0 Å². The van der Waals surface area contributed by atoms with Crippen LogP contribution < -0.4 is 10.1 Å². The van der Waals surface area contributed by atoms with Crippen LogP contribution in [0.5, 0.6) is 0 Å². The van der Waals surface area contributed by atoms with Crippen LogP contribution in [0.25, 0.3) is 24.8 Å². The summed E-state index contributed by atoms with van der Waals surface area (Å²) in [4.78, 5) is 1.15. The van der Waals surface area contributed by atoms with Gasteiger partial charge in [0.1, 0.15) is 4.88 Å². The van der Waals surface area contributed by atoms with Gasteiger partial charge >= 0.3 is 0 Å². The highest BCUT2D eigenvalue weighted by molar-refractivity contribution is 7.40. The highest BCUT2D eigenvalue weighted by atomic mass is 32.2. The van der Waals surface area contributed by atoms with Gasteiger partial charge in [0.15, 0.2) is 5.52 Å². The first-order chi connectivity index (χ1) is 9.34. The summed E-state index contributed by atoms with van der Waals surface area (Å²) in [5.41, 5.74) is 8.74. The quantitative estimate of drug-likeness (QED) is 0.527. The van der Waals surface area contributed by atoms with E-state index in [-0.39, 0.29) is 0 Å². The van der Waals surface area contributed by atoms with E-state index in [9.17, 15) is 0 Å². The molecule has 92 valence electrons. The monoisotopic (exact) mass is 283 g/mol. The third-order valence-corrected chi connectivity index (χ3v) is 5.61. The molecule has 0 saturated carbocycles. The molecule has 2 nitrogen and oxygen atoms in total. The molecule has 0 saturated heterocycles. The van der Waals surface area contributed by atoms with Gasteiger partial charge in [0.25, 0.3) is 5.82 Å². The van der Waals surface area contributed by atoms with E-state index in [2.05, 4.69) is 40.8 Å². The molecule has 2 aromatic carbocycles. The summed E-state index contributed by atoms with van der Waals surface area (Å²) in [5, 5.41) is 0. The fourth-order valence-corrected chi connectivity index (χ4v) is 4.78. The zero-order valence-corrected chi connectivity index (χ0v) is 11.7. The van der Waals surface area contributed by atoms with Crippen molar-refractivity contribution in [1.82, 2.24) is 0 Å². The topological polar surface area (TPSA) is 30.1 Å². The van der Waals surface area contributed by atoms with Gasteiger partial charge in [-0.2, -0.15) is 4.40 Å². The second kappa shape index (κ2) is 4.05. The predicted molar refractivity (Wildman–Crippen MR) is 82.7 cm³/mol. The molecule has 4 rings (SSSR count). The van der Waals surface area contributed by atoms with Gasteiger partial charge in [0.05, 0.1) is 4.70 Å². The number of nitrogen functional groups attached to an aromatic ring is 1. The number of thiazole rings is 2. The van der Waals surface area contributed by atoms with E-state index in [1.165, 1.54) is 19.9 Å². The molecule has 2 N–H and O–H groups in total. The fourth-order valence-electron chi connectivity index (χ4n) is 2.30. The van der Waals surface area contributed by atoms with E-state index in [0.717, 1.165) is 10.7 Å². The van der Waals surface area contributed by atoms with Crippen molar-refractivity contribution in [2.75, 3.05) is 5.73 Å². The standard InChI is InChI=1S/C15H11N2S2/c16-14-13(10-6-2-1-3-7-10)19-15-17(14)11-8-4-5-9-12(11)18-15/h1-9H,16H2/q+1. The lowest BCUT2D eigenvalue weighted by molar-refractivity contribution is -0.455. The van der Waals surface area contributed by atoms with E-state index >= 15 is 0 Å². The first-order valence-electron chi connectivity index (χ1n) is 6.01. The summed E-state index contributed by atoms with van der Waals surface area (Å²) < 4.78 is 4.67. The number of hydrogen-bond donors (Lipinski definition) is 1. The van der Waals surface area contributed by atoms with Crippen molar-refractivity contribution in [3.63, 3.8) is 0 Å². The van der Waals surface area contributed by atoms with E-state index in [1.807, 2.05) is 18.2 Å². The molecule has 4 aromatic rings. The number of nitrogens with two attached hydrogens (primary N) is 1. The van der Waals surface area contributed by atoms with Gasteiger partial charge in [0, 0.05) is 5.56 Å². The Morgan fingerprint density at radius 1 is 0.842 bits per heavy atom. The molecule has 0 bridgehead atoms. The van der Waals surface area contributed by atoms with Gasteiger partial charge in [-0.25, -0.2) is 0 Å². The molecule has 19 heavy (non-hydrogen) atoms. The predicted octanol–water partition coefficient (Wildman–Crippen LogP) is 3.95. The molecule has 0 aliphatic rings. The van der Waals surface area contributed by atoms with Gasteiger partial charge in [0.2, 0.25) is 4.14 Å². The van der Waals surface area contributed by atoms with Crippen LogP contribution in [0, 0.1) is 0 Å². The number of para-hydroxylation sites is 1. The Morgan fingerprint density at radius 3 is 2.42 bits per heavy atom. The third-order valence-electron chi connectivity index (χ3n) is 3.18. The molecular formula is C15H11N2S2+. The van der Waals surface area contributed by atoms with Gasteiger partial charge in [-0.1, -0.05) is 65.1 Å². The number of anilines is 1. The van der Waals surface area contributed by atoms with Crippen LogP contribution in [-0.2, 0) is 0 Å². The Morgan fingerprint density at radius 2 is 1.58 bits per heavy atom. The van der Waals surface area contributed by atoms with Crippen molar-refractivity contribution in [3.8, 4) is 10.4 Å². The van der Waals surface area contributed by atoms with Gasteiger partial charge in [-0.05, 0) is 12.1 Å². The summed E-state index contributed by atoms with van der Waals surface area (Å²) in [6.07, 6.45) is 0. The summed E-state index contributed by atoms with van der Waals surface area (Å²) in [6, 6.07) is 18.7. The smallest absolute Gasteiger partial charge is 0.285 e. The number of rotatable bonds is 1. The Bertz CT molecular complexity index is 875. The van der Waals surface area contributed by atoms with Crippen molar-refractivity contribution in [3.05, 3.63) is 54.6 Å². The highest BCUT2D eigenvalue weighted by Gasteiger charge is 2.21. The van der Waals surface area contributed by atoms with Crippen LogP contribution in [0.3, 0.4) is 0 Å². The van der Waals surface area contributed by atoms with Crippen molar-refractivity contribution in [1.29, 1.82) is 0 Å². The summed E-state index contributed by atoms with van der Waals surface area (Å²) in [6.45, 7) is 0. The second-order valence-electron chi connectivity index (χ2n) is 4.35. The summed E-state index contributed by atoms with van der Waals surface area (Å²) in [7, 11) is 0. The Hall–Kier alpha value is -1.91. The molecule has 2 heterocycles. The largest absolute Gasteiger partial charge is 0.297 e. The van der Waals surface area contributed by atoms with Crippen LogP contribution in [0.15, 0.2) is 54.6 Å². The van der Waals surface area contributed by atoms with E-state index < -0.39 is 0 Å². The average molecular weight is 283 g/mol. The minimum absolute atomic E-state index is 0.837. The van der Waals surface area contributed by atoms with Gasteiger partial charge < -0.3 is 0 Å². The zero-order chi connectivity index (χ0) is 12.8. The van der Waals surface area contributed by atoms with Crippen LogP contribution in [0.4, 0.5) is 5.82 Å². The van der Waals surface area contributed by atoms with Gasteiger partial charge in [-0.3, -0.25) is 5.73 Å². The van der Waals surface area contributed by atoms with E-state index in [0.29, 0.717) is 0 Å². The fraction of sp³-hybridized carbons (Fsp3) is 0. The van der Waals surface area contributed by atoms with Crippen LogP contribution in [0.1, 0.15) is 0 Å². The maximum atomic E-state index is 6.36. The number of nitrogens with zero attached hydrogens (tertiary/aromatic N) is 1. The van der Waals surface area contributed by atoms with Crippen molar-refractivity contribution >= 4 is 42.9 Å². The minimum atomic E-state index is 0.837. The third kappa shape index (κ3) is 1.57. The molecule has 0 spiro atoms. The Kier molecular flexibility index (Phi) is 2.33. The molecule has 2 aromatic heterocycles. The average Bonchev–Trinajstić information content (AvgIpc) is 2.97. The Balaban J connectivity index is 2.08. The van der Waals surface area contributed by atoms with E-state index in [1.54, 1.807) is 22.7 Å². The van der Waals surface area contributed by atoms with Crippen LogP contribution in [-0.4, -0.2) is 0 Å². The first-order valence-corrected chi connectivity index (χ1v) is 7.65. The molecule has 0 fully saturated rings. The van der Waals surface area contributed by atoms with Crippen LogP contribution >= 0.6 is 22.7 Å². The van der Waals surface area contributed by atoms with E-state index in [4.69, 9.17) is 5.73 Å². The molecule has 0 aliphatic carbocycles. The lowest BCUT2D eigenvalue weighted by Gasteiger charge is -1.94. The van der Waals surface area contributed by atoms with Gasteiger partial charge in [-0.15, -0.1) is 0 Å². The maximum Gasteiger partial charge on any atom is 0.297 e. The SMILES string of the molecule is Nc1c(-c2ccccc2)sc2sc3ccccc3[n+]12. The summed E-state index contributed by atoms with van der Waals surface area (Å²) >= 11 is 3.55. The molecule has 0 atom stereocenters. The number of fused-ring (bicyclic) bond motifs is 3. The second-order valence-corrected chi connectivity index (χ2v) is 6.64. The van der Waals surface area contributed by atoms with Crippen molar-refractivity contribution in [2.24, 2.45) is 0 Å². The molecule has 0 radical (unpaired) electrons. The number of hydrogen-bond acceptors (Lipinski definition) is 3. The number of aromatic nitrogens is 1. The molecule has 4 heteroatoms. The molecule has 0 unspecified atom stereocenters. The van der Waals surface area contributed by atoms with Crippen molar-refractivity contribution in [2.45, 2.75) is 0 Å². The lowest BCUT2D eigenvalue weighted by Crippen LogP contribution is -2.21. The first kappa shape index (κ1) is 11.0. The highest BCUT2D eigenvalue weighted by Crippen LogP contribution is 2.36. The minimum Gasteiger partial charge on any atom is -0.285 e. The molecule has 0 amide bonds. The Labute approximate surface area is 118 Å². The number of benzene rings is 2. The molecule has 0 aliphatic heterocycles.